The zero-order chi connectivity index (χ0) is 17.5. The summed E-state index contributed by atoms with van der Waals surface area (Å²) >= 11 is 0. The molecule has 0 aromatic heterocycles. The summed E-state index contributed by atoms with van der Waals surface area (Å²) in [6.07, 6.45) is 5.09. The van der Waals surface area contributed by atoms with Crippen LogP contribution in [0.4, 0.5) is 4.79 Å². The van der Waals surface area contributed by atoms with Crippen LogP contribution in [0.1, 0.15) is 45.4 Å². The van der Waals surface area contributed by atoms with E-state index in [-0.39, 0.29) is 18.4 Å². The first-order valence-corrected chi connectivity index (χ1v) is 8.55. The van der Waals surface area contributed by atoms with Crippen molar-refractivity contribution in [2.24, 2.45) is 5.92 Å². The number of amides is 4. The largest absolute Gasteiger partial charge is 0.455 e. The standard InChI is InChI=1S/C16H25N3O5/c1-2-7-17-16(23)18-13(20)10-24-15(22)11-8-14(21)19(9-11)12-5-3-4-6-12/h11-12H,2-10H2,1H3,(H2,17,18,20,23)/t11-/m1/s1. The molecule has 1 heterocycles. The Kier molecular flexibility index (Phi) is 6.57. The lowest BCUT2D eigenvalue weighted by Gasteiger charge is -2.23. The lowest BCUT2D eigenvalue weighted by Crippen LogP contribution is -2.42. The lowest BCUT2D eigenvalue weighted by atomic mass is 10.1. The Labute approximate surface area is 141 Å². The van der Waals surface area contributed by atoms with E-state index in [1.165, 1.54) is 0 Å². The maximum Gasteiger partial charge on any atom is 0.321 e. The zero-order valence-corrected chi connectivity index (χ0v) is 14.0. The van der Waals surface area contributed by atoms with Gasteiger partial charge < -0.3 is 15.0 Å². The molecule has 1 saturated carbocycles. The van der Waals surface area contributed by atoms with Crippen molar-refractivity contribution < 1.29 is 23.9 Å². The highest BCUT2D eigenvalue weighted by Crippen LogP contribution is 2.29. The quantitative estimate of drug-likeness (QED) is 0.688. The van der Waals surface area contributed by atoms with Gasteiger partial charge in [0.15, 0.2) is 6.61 Å². The molecule has 134 valence electrons. The summed E-state index contributed by atoms with van der Waals surface area (Å²) in [5.41, 5.74) is 0. The summed E-state index contributed by atoms with van der Waals surface area (Å²) in [6, 6.07) is -0.373. The average Bonchev–Trinajstić information content (AvgIpc) is 3.19. The smallest absolute Gasteiger partial charge is 0.321 e. The van der Waals surface area contributed by atoms with E-state index < -0.39 is 30.4 Å². The summed E-state index contributed by atoms with van der Waals surface area (Å²) in [5, 5.41) is 4.57. The van der Waals surface area contributed by atoms with Gasteiger partial charge in [-0.05, 0) is 19.3 Å². The van der Waals surface area contributed by atoms with Crippen LogP contribution in [-0.2, 0) is 19.1 Å². The van der Waals surface area contributed by atoms with Gasteiger partial charge in [-0.1, -0.05) is 19.8 Å². The van der Waals surface area contributed by atoms with Crippen molar-refractivity contribution in [1.82, 2.24) is 15.5 Å². The van der Waals surface area contributed by atoms with Crippen LogP contribution in [-0.4, -0.2) is 54.5 Å². The van der Waals surface area contributed by atoms with Crippen molar-refractivity contribution in [3.63, 3.8) is 0 Å². The molecular formula is C16H25N3O5. The summed E-state index contributed by atoms with van der Waals surface area (Å²) in [7, 11) is 0. The van der Waals surface area contributed by atoms with Crippen LogP contribution < -0.4 is 10.6 Å². The number of esters is 1. The molecule has 0 spiro atoms. The Hall–Kier alpha value is -2.12. The molecule has 1 atom stereocenters. The molecule has 2 N–H and O–H groups in total. The van der Waals surface area contributed by atoms with E-state index in [1.54, 1.807) is 4.90 Å². The highest BCUT2D eigenvalue weighted by Gasteiger charge is 2.39. The maximum absolute atomic E-state index is 12.0. The van der Waals surface area contributed by atoms with E-state index in [1.807, 2.05) is 6.92 Å². The number of carbonyl (C=O) groups excluding carboxylic acids is 4. The number of nitrogens with zero attached hydrogens (tertiary/aromatic N) is 1. The second-order valence-electron chi connectivity index (χ2n) is 6.30. The highest BCUT2D eigenvalue weighted by atomic mass is 16.5. The third kappa shape index (κ3) is 4.94. The van der Waals surface area contributed by atoms with E-state index in [0.717, 1.165) is 32.1 Å². The molecule has 2 fully saturated rings. The lowest BCUT2D eigenvalue weighted by molar-refractivity contribution is -0.152. The molecule has 8 heteroatoms. The molecule has 2 rings (SSSR count). The summed E-state index contributed by atoms with van der Waals surface area (Å²) in [5.74, 6) is -1.80. The minimum absolute atomic E-state index is 0.0211. The Morgan fingerprint density at radius 1 is 1.25 bits per heavy atom. The van der Waals surface area contributed by atoms with E-state index in [9.17, 15) is 19.2 Å². The highest BCUT2D eigenvalue weighted by molar-refractivity contribution is 5.96. The number of carbonyl (C=O) groups is 4. The third-order valence-corrected chi connectivity index (χ3v) is 4.39. The van der Waals surface area contributed by atoms with Crippen LogP contribution in [0.3, 0.4) is 0 Å². The van der Waals surface area contributed by atoms with Crippen LogP contribution in [0, 0.1) is 5.92 Å². The second kappa shape index (κ2) is 8.65. The predicted molar refractivity (Wildman–Crippen MR) is 84.9 cm³/mol. The first-order valence-electron chi connectivity index (χ1n) is 8.55. The van der Waals surface area contributed by atoms with Crippen LogP contribution in [0.5, 0.6) is 0 Å². The SMILES string of the molecule is CCCNC(=O)NC(=O)COC(=O)[C@@H]1CC(=O)N(C2CCCC2)C1. The molecule has 0 bridgehead atoms. The van der Waals surface area contributed by atoms with Gasteiger partial charge in [0.05, 0.1) is 5.92 Å². The van der Waals surface area contributed by atoms with Crippen LogP contribution in [0.25, 0.3) is 0 Å². The minimum atomic E-state index is -0.686. The summed E-state index contributed by atoms with van der Waals surface area (Å²) in [4.78, 5) is 48.7. The van der Waals surface area contributed by atoms with E-state index in [4.69, 9.17) is 4.74 Å². The van der Waals surface area contributed by atoms with Crippen LogP contribution in [0.2, 0.25) is 0 Å². The molecule has 24 heavy (non-hydrogen) atoms. The average molecular weight is 339 g/mol. The number of hydrogen-bond donors (Lipinski definition) is 2. The number of urea groups is 1. The molecule has 1 aliphatic heterocycles. The van der Waals surface area contributed by atoms with Gasteiger partial charge in [0.25, 0.3) is 5.91 Å². The Morgan fingerprint density at radius 2 is 1.96 bits per heavy atom. The number of hydrogen-bond acceptors (Lipinski definition) is 5. The van der Waals surface area contributed by atoms with Gasteiger partial charge in [-0.2, -0.15) is 0 Å². The molecule has 4 amide bonds. The molecule has 2 aliphatic rings. The van der Waals surface area contributed by atoms with Crippen molar-refractivity contribution in [3.8, 4) is 0 Å². The number of imide groups is 1. The molecule has 0 aromatic rings. The third-order valence-electron chi connectivity index (χ3n) is 4.39. The van der Waals surface area contributed by atoms with Gasteiger partial charge >= 0.3 is 12.0 Å². The van der Waals surface area contributed by atoms with Gasteiger partial charge in [-0.25, -0.2) is 4.79 Å². The van der Waals surface area contributed by atoms with Gasteiger partial charge in [0, 0.05) is 25.6 Å². The van der Waals surface area contributed by atoms with Crippen molar-refractivity contribution >= 4 is 23.8 Å². The van der Waals surface area contributed by atoms with Gasteiger partial charge in [-0.15, -0.1) is 0 Å². The fourth-order valence-electron chi connectivity index (χ4n) is 3.16. The predicted octanol–water partition coefficient (Wildman–Crippen LogP) is 0.557. The number of nitrogens with one attached hydrogen (secondary N) is 2. The van der Waals surface area contributed by atoms with Crippen molar-refractivity contribution in [1.29, 1.82) is 0 Å². The summed E-state index contributed by atoms with van der Waals surface area (Å²) < 4.78 is 4.94. The van der Waals surface area contributed by atoms with Gasteiger partial charge in [0.2, 0.25) is 5.91 Å². The van der Waals surface area contributed by atoms with E-state index in [0.29, 0.717) is 13.1 Å². The van der Waals surface area contributed by atoms with Gasteiger partial charge in [0.1, 0.15) is 0 Å². The monoisotopic (exact) mass is 339 g/mol. The molecular weight excluding hydrogens is 314 g/mol. The second-order valence-corrected chi connectivity index (χ2v) is 6.30. The Bertz CT molecular complexity index is 502. The molecule has 0 radical (unpaired) electrons. The first kappa shape index (κ1) is 18.2. The Balaban J connectivity index is 1.71. The van der Waals surface area contributed by atoms with Gasteiger partial charge in [-0.3, -0.25) is 19.7 Å². The molecule has 0 unspecified atom stereocenters. The fourth-order valence-corrected chi connectivity index (χ4v) is 3.16. The number of likely N-dealkylation sites (tertiary alicyclic amines) is 1. The van der Waals surface area contributed by atoms with Crippen molar-refractivity contribution in [3.05, 3.63) is 0 Å². The van der Waals surface area contributed by atoms with E-state index in [2.05, 4.69) is 10.6 Å². The van der Waals surface area contributed by atoms with Crippen LogP contribution in [0.15, 0.2) is 0 Å². The number of rotatable bonds is 6. The molecule has 0 aromatic carbocycles. The normalized spacial score (nSPS) is 21.0. The summed E-state index contributed by atoms with van der Waals surface area (Å²) in [6.45, 7) is 2.19. The van der Waals surface area contributed by atoms with Crippen molar-refractivity contribution in [2.75, 3.05) is 19.7 Å². The molecule has 1 aliphatic carbocycles. The van der Waals surface area contributed by atoms with E-state index >= 15 is 0 Å². The Morgan fingerprint density at radius 3 is 2.62 bits per heavy atom. The number of ether oxygens (including phenoxy) is 1. The first-order chi connectivity index (χ1) is 11.5. The topological polar surface area (TPSA) is 105 Å². The molecule has 1 saturated heterocycles. The fraction of sp³-hybridized carbons (Fsp3) is 0.750. The maximum atomic E-state index is 12.0. The zero-order valence-electron chi connectivity index (χ0n) is 14.0. The van der Waals surface area contributed by atoms with Crippen LogP contribution >= 0.6 is 0 Å². The minimum Gasteiger partial charge on any atom is -0.455 e. The molecule has 8 nitrogen and oxygen atoms in total. The van der Waals surface area contributed by atoms with Crippen molar-refractivity contribution in [2.45, 2.75) is 51.5 Å².